The number of benzene rings is 2. The van der Waals surface area contributed by atoms with Crippen molar-refractivity contribution in [2.24, 2.45) is 0 Å². The van der Waals surface area contributed by atoms with E-state index in [1.165, 1.54) is 0 Å². The predicted molar refractivity (Wildman–Crippen MR) is 114 cm³/mol. The number of carbonyl (C=O) groups excluding carboxylic acids is 2. The summed E-state index contributed by atoms with van der Waals surface area (Å²) in [4.78, 5) is 29.6. The number of rotatable bonds is 9. The van der Waals surface area contributed by atoms with Crippen LogP contribution in [0.5, 0.6) is 11.5 Å². The Morgan fingerprint density at radius 1 is 1.03 bits per heavy atom. The Morgan fingerprint density at radius 2 is 1.73 bits per heavy atom. The molecule has 1 aliphatic rings. The van der Waals surface area contributed by atoms with Crippen LogP contribution >= 0.6 is 0 Å². The number of carbonyl (C=O) groups is 2. The second-order valence-electron chi connectivity index (χ2n) is 6.86. The van der Waals surface area contributed by atoms with Gasteiger partial charge in [0.25, 0.3) is 11.8 Å². The van der Waals surface area contributed by atoms with Crippen molar-refractivity contribution in [3.8, 4) is 11.5 Å². The molecule has 0 atom stereocenters. The number of amides is 2. The van der Waals surface area contributed by atoms with Gasteiger partial charge in [0.05, 0.1) is 31.6 Å². The molecule has 0 fully saturated rings. The SMILES string of the molecule is CCCOc1ccccc1N1C(=O)C(c2ccc(OC)cc2)=C(N(C)CCO)C1=O. The molecular formula is C23H26N2O5. The topological polar surface area (TPSA) is 79.3 Å². The molecule has 1 heterocycles. The van der Waals surface area contributed by atoms with E-state index < -0.39 is 11.8 Å². The lowest BCUT2D eigenvalue weighted by Crippen LogP contribution is -2.35. The number of aliphatic hydroxyl groups is 1. The summed E-state index contributed by atoms with van der Waals surface area (Å²) >= 11 is 0. The lowest BCUT2D eigenvalue weighted by molar-refractivity contribution is -0.120. The Bertz CT molecular complexity index is 952. The van der Waals surface area contributed by atoms with Gasteiger partial charge in [-0.25, -0.2) is 4.90 Å². The summed E-state index contributed by atoms with van der Waals surface area (Å²) in [6.07, 6.45) is 0.802. The number of ether oxygens (including phenoxy) is 2. The Kier molecular flexibility index (Phi) is 6.74. The molecule has 0 aromatic heterocycles. The number of methoxy groups -OCH3 is 1. The van der Waals surface area contributed by atoms with Gasteiger partial charge in [0.1, 0.15) is 17.2 Å². The summed E-state index contributed by atoms with van der Waals surface area (Å²) in [7, 11) is 3.25. The molecule has 0 unspecified atom stereocenters. The number of aliphatic hydroxyl groups excluding tert-OH is 1. The summed E-state index contributed by atoms with van der Waals surface area (Å²) in [5, 5.41) is 9.39. The fraction of sp³-hybridized carbons (Fsp3) is 0.304. The fourth-order valence-corrected chi connectivity index (χ4v) is 3.35. The number of hydrogen-bond donors (Lipinski definition) is 1. The maximum Gasteiger partial charge on any atom is 0.282 e. The van der Waals surface area contributed by atoms with Crippen LogP contribution in [0.25, 0.3) is 5.57 Å². The van der Waals surface area contributed by atoms with E-state index >= 15 is 0 Å². The van der Waals surface area contributed by atoms with Crippen molar-refractivity contribution < 1.29 is 24.2 Å². The molecule has 3 rings (SSSR count). The molecule has 158 valence electrons. The molecule has 1 N–H and O–H groups in total. The zero-order valence-corrected chi connectivity index (χ0v) is 17.4. The third-order valence-electron chi connectivity index (χ3n) is 4.82. The van der Waals surface area contributed by atoms with Gasteiger partial charge in [-0.15, -0.1) is 0 Å². The molecule has 0 bridgehead atoms. The van der Waals surface area contributed by atoms with Gasteiger partial charge in [-0.2, -0.15) is 0 Å². The molecule has 0 saturated heterocycles. The highest BCUT2D eigenvalue weighted by molar-refractivity contribution is 6.45. The first-order valence-electron chi connectivity index (χ1n) is 9.84. The number of hydrogen-bond acceptors (Lipinski definition) is 6. The van der Waals surface area contributed by atoms with Gasteiger partial charge in [0.2, 0.25) is 0 Å². The standard InChI is InChI=1S/C23H26N2O5/c1-4-15-30-19-8-6-5-7-18(19)25-22(27)20(16-9-11-17(29-3)12-10-16)21(23(25)28)24(2)13-14-26/h5-12,26H,4,13-15H2,1-3H3. The summed E-state index contributed by atoms with van der Waals surface area (Å²) in [6, 6.07) is 14.0. The van der Waals surface area contributed by atoms with E-state index in [1.807, 2.05) is 6.92 Å². The van der Waals surface area contributed by atoms with Gasteiger partial charge in [-0.05, 0) is 36.2 Å². The van der Waals surface area contributed by atoms with Crippen LogP contribution in [0.1, 0.15) is 18.9 Å². The normalized spacial score (nSPS) is 13.8. The molecule has 1 aliphatic heterocycles. The van der Waals surface area contributed by atoms with Crippen LogP contribution < -0.4 is 14.4 Å². The molecular weight excluding hydrogens is 384 g/mol. The van der Waals surface area contributed by atoms with Crippen LogP contribution in [0, 0.1) is 0 Å². The van der Waals surface area contributed by atoms with Gasteiger partial charge in [0.15, 0.2) is 0 Å². The van der Waals surface area contributed by atoms with E-state index in [0.29, 0.717) is 29.4 Å². The molecule has 2 aromatic rings. The molecule has 7 heteroatoms. The molecule has 0 saturated carbocycles. The van der Waals surface area contributed by atoms with Gasteiger partial charge in [-0.1, -0.05) is 31.2 Å². The Labute approximate surface area is 176 Å². The summed E-state index contributed by atoms with van der Waals surface area (Å²) in [5.41, 5.74) is 1.52. The van der Waals surface area contributed by atoms with E-state index in [-0.39, 0.29) is 24.4 Å². The van der Waals surface area contributed by atoms with Gasteiger partial charge >= 0.3 is 0 Å². The average molecular weight is 410 g/mol. The largest absolute Gasteiger partial charge is 0.497 e. The summed E-state index contributed by atoms with van der Waals surface area (Å²) < 4.78 is 11.0. The first-order valence-corrected chi connectivity index (χ1v) is 9.84. The van der Waals surface area contributed by atoms with E-state index in [2.05, 4.69) is 0 Å². The Hall–Kier alpha value is -3.32. The molecule has 30 heavy (non-hydrogen) atoms. The van der Waals surface area contributed by atoms with Crippen molar-refractivity contribution in [1.82, 2.24) is 4.90 Å². The number of imide groups is 1. The highest BCUT2D eigenvalue weighted by atomic mass is 16.5. The number of anilines is 1. The summed E-state index contributed by atoms with van der Waals surface area (Å²) in [6.45, 7) is 2.53. The number of nitrogens with zero attached hydrogens (tertiary/aromatic N) is 2. The van der Waals surface area contributed by atoms with Crippen molar-refractivity contribution in [3.63, 3.8) is 0 Å². The van der Waals surface area contributed by atoms with Crippen LogP contribution in [-0.4, -0.2) is 55.7 Å². The Balaban J connectivity index is 2.09. The molecule has 0 spiro atoms. The number of para-hydroxylation sites is 2. The quantitative estimate of drug-likeness (QED) is 0.641. The Morgan fingerprint density at radius 3 is 2.37 bits per heavy atom. The van der Waals surface area contributed by atoms with E-state index in [9.17, 15) is 14.7 Å². The van der Waals surface area contributed by atoms with E-state index in [4.69, 9.17) is 9.47 Å². The monoisotopic (exact) mass is 410 g/mol. The minimum Gasteiger partial charge on any atom is -0.497 e. The van der Waals surface area contributed by atoms with Crippen LogP contribution in [-0.2, 0) is 9.59 Å². The van der Waals surface area contributed by atoms with Gasteiger partial charge in [-0.3, -0.25) is 9.59 Å². The first-order chi connectivity index (χ1) is 14.5. The molecule has 0 aliphatic carbocycles. The van der Waals surface area contributed by atoms with Crippen LogP contribution in [0.4, 0.5) is 5.69 Å². The lowest BCUT2D eigenvalue weighted by atomic mass is 10.0. The first kappa shape index (κ1) is 21.4. The van der Waals surface area contributed by atoms with E-state index in [1.54, 1.807) is 67.6 Å². The van der Waals surface area contributed by atoms with Crippen molar-refractivity contribution in [1.29, 1.82) is 0 Å². The van der Waals surface area contributed by atoms with E-state index in [0.717, 1.165) is 11.3 Å². The number of likely N-dealkylation sites (N-methyl/N-ethyl adjacent to an activating group) is 1. The third kappa shape index (κ3) is 4.02. The predicted octanol–water partition coefficient (Wildman–Crippen LogP) is 2.69. The minimum absolute atomic E-state index is 0.145. The molecule has 0 radical (unpaired) electrons. The molecule has 2 aromatic carbocycles. The zero-order valence-electron chi connectivity index (χ0n) is 17.4. The molecule has 2 amide bonds. The highest BCUT2D eigenvalue weighted by Gasteiger charge is 2.42. The van der Waals surface area contributed by atoms with Crippen molar-refractivity contribution in [3.05, 3.63) is 59.8 Å². The maximum atomic E-state index is 13.5. The second-order valence-corrected chi connectivity index (χ2v) is 6.86. The van der Waals surface area contributed by atoms with Crippen LogP contribution in [0.2, 0.25) is 0 Å². The summed E-state index contributed by atoms with van der Waals surface area (Å²) in [5.74, 6) is 0.240. The van der Waals surface area contributed by atoms with Crippen LogP contribution in [0.15, 0.2) is 54.2 Å². The van der Waals surface area contributed by atoms with Crippen LogP contribution in [0.3, 0.4) is 0 Å². The average Bonchev–Trinajstić information content (AvgIpc) is 3.02. The van der Waals surface area contributed by atoms with Gasteiger partial charge in [0, 0.05) is 13.6 Å². The van der Waals surface area contributed by atoms with Crippen molar-refractivity contribution in [2.45, 2.75) is 13.3 Å². The minimum atomic E-state index is -0.450. The second kappa shape index (κ2) is 9.45. The lowest BCUT2D eigenvalue weighted by Gasteiger charge is -2.21. The smallest absolute Gasteiger partial charge is 0.282 e. The van der Waals surface area contributed by atoms with Crippen molar-refractivity contribution >= 4 is 23.1 Å². The third-order valence-corrected chi connectivity index (χ3v) is 4.82. The fourth-order valence-electron chi connectivity index (χ4n) is 3.35. The highest BCUT2D eigenvalue weighted by Crippen LogP contribution is 2.38. The maximum absolute atomic E-state index is 13.5. The molecule has 7 nitrogen and oxygen atoms in total. The van der Waals surface area contributed by atoms with Gasteiger partial charge < -0.3 is 19.5 Å². The zero-order chi connectivity index (χ0) is 21.7. The van der Waals surface area contributed by atoms with Crippen molar-refractivity contribution in [2.75, 3.05) is 38.8 Å².